The van der Waals surface area contributed by atoms with E-state index in [1.54, 1.807) is 6.07 Å². The Morgan fingerprint density at radius 2 is 2.33 bits per heavy atom. The summed E-state index contributed by atoms with van der Waals surface area (Å²) in [6.07, 6.45) is 1.47. The lowest BCUT2D eigenvalue weighted by Gasteiger charge is -1.96. The molecule has 1 aromatic carbocycles. The van der Waals surface area contributed by atoms with Crippen LogP contribution in [-0.2, 0) is 6.54 Å². The van der Waals surface area contributed by atoms with Crippen molar-refractivity contribution in [3.05, 3.63) is 29.7 Å². The van der Waals surface area contributed by atoms with Gasteiger partial charge in [0.05, 0.1) is 6.20 Å². The van der Waals surface area contributed by atoms with Crippen molar-refractivity contribution in [2.45, 2.75) is 6.54 Å². The fraction of sp³-hybridized carbons (Fsp3) is 0.125. The minimum absolute atomic E-state index is 0.179. The van der Waals surface area contributed by atoms with Crippen LogP contribution in [0, 0.1) is 5.82 Å². The van der Waals surface area contributed by atoms with Crippen molar-refractivity contribution in [3.63, 3.8) is 0 Å². The number of hydrogen-bond acceptors (Lipinski definition) is 3. The van der Waals surface area contributed by atoms with Crippen LogP contribution < -0.4 is 5.73 Å². The van der Waals surface area contributed by atoms with Crippen molar-refractivity contribution in [2.75, 3.05) is 0 Å². The zero-order valence-corrected chi connectivity index (χ0v) is 6.25. The molecule has 0 fully saturated rings. The molecule has 0 amide bonds. The highest BCUT2D eigenvalue weighted by Crippen LogP contribution is 2.20. The highest BCUT2D eigenvalue weighted by atomic mass is 19.1. The third-order valence-corrected chi connectivity index (χ3v) is 1.78. The van der Waals surface area contributed by atoms with Gasteiger partial charge in [-0.1, -0.05) is 11.2 Å². The molecule has 62 valence electrons. The summed E-state index contributed by atoms with van der Waals surface area (Å²) in [4.78, 5) is 0. The average Bonchev–Trinajstić information content (AvgIpc) is 2.54. The SMILES string of the molecule is NCc1ccc(F)c2oncc12. The number of benzene rings is 1. The fourth-order valence-electron chi connectivity index (χ4n) is 1.16. The van der Waals surface area contributed by atoms with Crippen LogP contribution in [0.1, 0.15) is 5.56 Å². The standard InChI is InChI=1S/C8H7FN2O/c9-7-2-1-5(3-10)6-4-11-12-8(6)7/h1-2,4H,3,10H2. The normalized spacial score (nSPS) is 10.8. The summed E-state index contributed by atoms with van der Waals surface area (Å²) in [6.45, 7) is 0.359. The lowest BCUT2D eigenvalue weighted by atomic mass is 10.1. The van der Waals surface area contributed by atoms with Gasteiger partial charge in [0.1, 0.15) is 0 Å². The molecule has 2 aromatic rings. The number of halogens is 1. The van der Waals surface area contributed by atoms with Gasteiger partial charge in [-0.25, -0.2) is 4.39 Å². The van der Waals surface area contributed by atoms with E-state index in [-0.39, 0.29) is 5.58 Å². The summed E-state index contributed by atoms with van der Waals surface area (Å²) in [5.41, 5.74) is 6.45. The second kappa shape index (κ2) is 2.57. The molecule has 0 aliphatic carbocycles. The Bertz CT molecular complexity index is 410. The molecule has 12 heavy (non-hydrogen) atoms. The van der Waals surface area contributed by atoms with Gasteiger partial charge in [-0.3, -0.25) is 0 Å². The Morgan fingerprint density at radius 3 is 3.08 bits per heavy atom. The smallest absolute Gasteiger partial charge is 0.202 e. The highest BCUT2D eigenvalue weighted by Gasteiger charge is 2.08. The first-order valence-electron chi connectivity index (χ1n) is 3.55. The van der Waals surface area contributed by atoms with E-state index in [1.807, 2.05) is 0 Å². The molecule has 0 aliphatic rings. The molecule has 0 saturated heterocycles. The van der Waals surface area contributed by atoms with Gasteiger partial charge in [0.15, 0.2) is 5.82 Å². The molecule has 0 aliphatic heterocycles. The number of aromatic nitrogens is 1. The maximum Gasteiger partial charge on any atom is 0.202 e. The van der Waals surface area contributed by atoms with Crippen LogP contribution in [0.25, 0.3) is 11.0 Å². The summed E-state index contributed by atoms with van der Waals surface area (Å²) in [7, 11) is 0. The quantitative estimate of drug-likeness (QED) is 0.697. The molecular formula is C8H7FN2O. The molecule has 2 N–H and O–H groups in total. The van der Waals surface area contributed by atoms with Crippen LogP contribution in [0.15, 0.2) is 22.9 Å². The van der Waals surface area contributed by atoms with Gasteiger partial charge < -0.3 is 10.3 Å². The van der Waals surface area contributed by atoms with Crippen molar-refractivity contribution < 1.29 is 8.91 Å². The average molecular weight is 166 g/mol. The minimum Gasteiger partial charge on any atom is -0.353 e. The summed E-state index contributed by atoms with van der Waals surface area (Å²) in [6, 6.07) is 2.96. The van der Waals surface area contributed by atoms with E-state index >= 15 is 0 Å². The highest BCUT2D eigenvalue weighted by molar-refractivity contribution is 5.80. The molecule has 1 heterocycles. The van der Waals surface area contributed by atoms with Crippen LogP contribution in [0.2, 0.25) is 0 Å². The molecule has 1 aromatic heterocycles. The Morgan fingerprint density at radius 1 is 1.50 bits per heavy atom. The van der Waals surface area contributed by atoms with Crippen LogP contribution >= 0.6 is 0 Å². The van der Waals surface area contributed by atoms with E-state index in [0.29, 0.717) is 11.9 Å². The topological polar surface area (TPSA) is 52.0 Å². The lowest BCUT2D eigenvalue weighted by molar-refractivity contribution is 0.440. The van der Waals surface area contributed by atoms with Gasteiger partial charge in [-0.05, 0) is 11.6 Å². The molecule has 3 nitrogen and oxygen atoms in total. The van der Waals surface area contributed by atoms with Crippen molar-refractivity contribution in [1.82, 2.24) is 5.16 Å². The monoisotopic (exact) mass is 166 g/mol. The maximum atomic E-state index is 13.0. The molecule has 0 saturated carbocycles. The molecule has 0 unspecified atom stereocenters. The number of rotatable bonds is 1. The van der Waals surface area contributed by atoms with Crippen LogP contribution in [0.5, 0.6) is 0 Å². The van der Waals surface area contributed by atoms with E-state index in [0.717, 1.165) is 5.56 Å². The van der Waals surface area contributed by atoms with Crippen LogP contribution in [0.3, 0.4) is 0 Å². The summed E-state index contributed by atoms with van der Waals surface area (Å²) in [5.74, 6) is -0.403. The van der Waals surface area contributed by atoms with Gasteiger partial charge in [0.25, 0.3) is 0 Å². The number of nitrogens with two attached hydrogens (primary N) is 1. The largest absolute Gasteiger partial charge is 0.353 e. The molecule has 0 spiro atoms. The van der Waals surface area contributed by atoms with Crippen LogP contribution in [-0.4, -0.2) is 5.16 Å². The molecule has 0 atom stereocenters. The number of nitrogens with zero attached hydrogens (tertiary/aromatic N) is 1. The number of hydrogen-bond donors (Lipinski definition) is 1. The first kappa shape index (κ1) is 7.24. The second-order valence-electron chi connectivity index (χ2n) is 2.48. The molecule has 0 radical (unpaired) electrons. The predicted octanol–water partition coefficient (Wildman–Crippen LogP) is 1.43. The van der Waals surface area contributed by atoms with E-state index in [2.05, 4.69) is 5.16 Å². The summed E-state index contributed by atoms with van der Waals surface area (Å²) in [5, 5.41) is 4.15. The zero-order chi connectivity index (χ0) is 8.55. The Balaban J connectivity index is 2.82. The van der Waals surface area contributed by atoms with Gasteiger partial charge in [0.2, 0.25) is 5.58 Å². The summed E-state index contributed by atoms with van der Waals surface area (Å²) >= 11 is 0. The Hall–Kier alpha value is -1.42. The zero-order valence-electron chi connectivity index (χ0n) is 6.25. The van der Waals surface area contributed by atoms with Crippen molar-refractivity contribution in [1.29, 1.82) is 0 Å². The van der Waals surface area contributed by atoms with Gasteiger partial charge in [0, 0.05) is 11.9 Å². The first-order valence-corrected chi connectivity index (χ1v) is 3.55. The Kier molecular flexibility index (Phi) is 1.55. The van der Waals surface area contributed by atoms with Crippen molar-refractivity contribution in [2.24, 2.45) is 5.73 Å². The number of fused-ring (bicyclic) bond motifs is 1. The van der Waals surface area contributed by atoms with Gasteiger partial charge in [-0.15, -0.1) is 0 Å². The predicted molar refractivity (Wildman–Crippen MR) is 41.9 cm³/mol. The third-order valence-electron chi connectivity index (χ3n) is 1.78. The van der Waals surface area contributed by atoms with Gasteiger partial charge >= 0.3 is 0 Å². The molecule has 2 rings (SSSR count). The first-order chi connectivity index (χ1) is 5.83. The molecular weight excluding hydrogens is 159 g/mol. The molecule has 4 heteroatoms. The van der Waals surface area contributed by atoms with E-state index in [9.17, 15) is 4.39 Å². The summed E-state index contributed by atoms with van der Waals surface area (Å²) < 4.78 is 17.7. The van der Waals surface area contributed by atoms with Crippen molar-refractivity contribution >= 4 is 11.0 Å². The van der Waals surface area contributed by atoms with Crippen molar-refractivity contribution in [3.8, 4) is 0 Å². The maximum absolute atomic E-state index is 13.0. The van der Waals surface area contributed by atoms with E-state index in [1.165, 1.54) is 12.3 Å². The van der Waals surface area contributed by atoms with E-state index < -0.39 is 5.82 Å². The fourth-order valence-corrected chi connectivity index (χ4v) is 1.16. The minimum atomic E-state index is -0.403. The second-order valence-corrected chi connectivity index (χ2v) is 2.48. The van der Waals surface area contributed by atoms with Crippen LogP contribution in [0.4, 0.5) is 4.39 Å². The Labute approximate surface area is 67.9 Å². The van der Waals surface area contributed by atoms with Gasteiger partial charge in [-0.2, -0.15) is 0 Å². The lowest BCUT2D eigenvalue weighted by Crippen LogP contribution is -1.96. The molecule has 0 bridgehead atoms. The third kappa shape index (κ3) is 0.887. The van der Waals surface area contributed by atoms with E-state index in [4.69, 9.17) is 10.3 Å².